The van der Waals surface area contributed by atoms with Gasteiger partial charge < -0.3 is 5.11 Å². The fourth-order valence-electron chi connectivity index (χ4n) is 1.75. The molecule has 4 heteroatoms. The molecule has 16 heavy (non-hydrogen) atoms. The van der Waals surface area contributed by atoms with Crippen molar-refractivity contribution in [3.05, 3.63) is 41.3 Å². The summed E-state index contributed by atoms with van der Waals surface area (Å²) in [4.78, 5) is 4.28. The lowest BCUT2D eigenvalue weighted by atomic mass is 10.2. The highest BCUT2D eigenvalue weighted by Gasteiger charge is 2.10. The van der Waals surface area contributed by atoms with Crippen LogP contribution in [0.4, 0.5) is 0 Å². The van der Waals surface area contributed by atoms with Gasteiger partial charge in [-0.1, -0.05) is 6.92 Å². The van der Waals surface area contributed by atoms with Gasteiger partial charge >= 0.3 is 0 Å². The number of aromatic nitrogens is 3. The molecule has 1 N–H and O–H groups in total. The zero-order valence-electron chi connectivity index (χ0n) is 9.51. The van der Waals surface area contributed by atoms with Crippen LogP contribution < -0.4 is 0 Å². The van der Waals surface area contributed by atoms with Crippen LogP contribution in [0.25, 0.3) is 5.82 Å². The molecule has 2 heterocycles. The van der Waals surface area contributed by atoms with Crippen LogP contribution in [0.5, 0.6) is 0 Å². The van der Waals surface area contributed by atoms with E-state index in [0.717, 1.165) is 29.1 Å². The van der Waals surface area contributed by atoms with E-state index in [1.165, 1.54) is 0 Å². The minimum atomic E-state index is 0.0228. The van der Waals surface area contributed by atoms with Gasteiger partial charge in [-0.2, -0.15) is 5.10 Å². The summed E-state index contributed by atoms with van der Waals surface area (Å²) in [6, 6.07) is 3.93. The minimum absolute atomic E-state index is 0.0228. The highest BCUT2D eigenvalue weighted by Crippen LogP contribution is 2.14. The molecular formula is C12H15N3O. The van der Waals surface area contributed by atoms with Crippen molar-refractivity contribution in [2.45, 2.75) is 26.9 Å². The molecular weight excluding hydrogens is 202 g/mol. The molecule has 0 aromatic carbocycles. The van der Waals surface area contributed by atoms with E-state index in [1.54, 1.807) is 17.1 Å². The van der Waals surface area contributed by atoms with Crippen LogP contribution >= 0.6 is 0 Å². The number of nitrogens with zero attached hydrogens (tertiary/aromatic N) is 3. The standard InChI is InChI=1S/C12H15N3O/c1-3-11-10(8-16)7-14-15(11)12-6-9(2)4-5-13-12/h4-7,16H,3,8H2,1-2H3. The molecule has 4 nitrogen and oxygen atoms in total. The lowest BCUT2D eigenvalue weighted by molar-refractivity contribution is 0.280. The summed E-state index contributed by atoms with van der Waals surface area (Å²) in [5.74, 6) is 0.802. The van der Waals surface area contributed by atoms with E-state index in [1.807, 2.05) is 26.0 Å². The molecule has 0 aliphatic heterocycles. The van der Waals surface area contributed by atoms with E-state index >= 15 is 0 Å². The van der Waals surface area contributed by atoms with Gasteiger partial charge in [-0.3, -0.25) is 0 Å². The second-order valence-corrected chi connectivity index (χ2v) is 3.73. The highest BCUT2D eigenvalue weighted by atomic mass is 16.3. The Balaban J connectivity index is 2.51. The van der Waals surface area contributed by atoms with E-state index in [9.17, 15) is 5.11 Å². The third-order valence-electron chi connectivity index (χ3n) is 2.58. The average Bonchev–Trinajstić information content (AvgIpc) is 2.71. The quantitative estimate of drug-likeness (QED) is 0.850. The molecule has 0 amide bonds. The topological polar surface area (TPSA) is 50.9 Å². The lowest BCUT2D eigenvalue weighted by Crippen LogP contribution is -2.05. The van der Waals surface area contributed by atoms with Crippen LogP contribution in [0.1, 0.15) is 23.7 Å². The molecule has 0 spiro atoms. The van der Waals surface area contributed by atoms with Gasteiger partial charge in [0.25, 0.3) is 0 Å². The van der Waals surface area contributed by atoms with Crippen molar-refractivity contribution < 1.29 is 5.11 Å². The predicted molar refractivity (Wildman–Crippen MR) is 61.4 cm³/mol. The molecule has 0 atom stereocenters. The van der Waals surface area contributed by atoms with E-state index in [2.05, 4.69) is 10.1 Å². The Morgan fingerprint density at radius 1 is 1.44 bits per heavy atom. The van der Waals surface area contributed by atoms with Gasteiger partial charge in [-0.15, -0.1) is 0 Å². The Kier molecular flexibility index (Phi) is 3.01. The monoisotopic (exact) mass is 217 g/mol. The van der Waals surface area contributed by atoms with Crippen molar-refractivity contribution >= 4 is 0 Å². The smallest absolute Gasteiger partial charge is 0.153 e. The number of aliphatic hydroxyl groups is 1. The van der Waals surface area contributed by atoms with E-state index in [0.29, 0.717) is 0 Å². The van der Waals surface area contributed by atoms with Gasteiger partial charge in [-0.25, -0.2) is 9.67 Å². The van der Waals surface area contributed by atoms with Crippen LogP contribution in [-0.4, -0.2) is 19.9 Å². The lowest BCUT2D eigenvalue weighted by Gasteiger charge is -2.06. The summed E-state index contributed by atoms with van der Waals surface area (Å²) in [6.45, 7) is 4.09. The van der Waals surface area contributed by atoms with Crippen molar-refractivity contribution in [1.82, 2.24) is 14.8 Å². The van der Waals surface area contributed by atoms with Gasteiger partial charge in [0.05, 0.1) is 18.5 Å². The third kappa shape index (κ3) is 1.84. The average molecular weight is 217 g/mol. The fourth-order valence-corrected chi connectivity index (χ4v) is 1.75. The van der Waals surface area contributed by atoms with Crippen LogP contribution in [0, 0.1) is 6.92 Å². The van der Waals surface area contributed by atoms with Gasteiger partial charge in [0.2, 0.25) is 0 Å². The molecule has 0 bridgehead atoms. The van der Waals surface area contributed by atoms with E-state index in [4.69, 9.17) is 0 Å². The summed E-state index contributed by atoms with van der Waals surface area (Å²) in [5, 5.41) is 13.5. The fraction of sp³-hybridized carbons (Fsp3) is 0.333. The molecule has 0 radical (unpaired) electrons. The van der Waals surface area contributed by atoms with Gasteiger partial charge in [0, 0.05) is 11.8 Å². The van der Waals surface area contributed by atoms with Gasteiger partial charge in [-0.05, 0) is 31.0 Å². The molecule has 2 aromatic rings. The Morgan fingerprint density at radius 2 is 2.25 bits per heavy atom. The van der Waals surface area contributed by atoms with Crippen molar-refractivity contribution in [1.29, 1.82) is 0 Å². The normalized spacial score (nSPS) is 10.7. The molecule has 2 aromatic heterocycles. The number of aryl methyl sites for hydroxylation is 1. The van der Waals surface area contributed by atoms with Crippen molar-refractivity contribution in [2.24, 2.45) is 0 Å². The van der Waals surface area contributed by atoms with Crippen LogP contribution in [0.15, 0.2) is 24.5 Å². The maximum Gasteiger partial charge on any atom is 0.153 e. The second kappa shape index (κ2) is 4.45. The molecule has 0 saturated carbocycles. The SMILES string of the molecule is CCc1c(CO)cnn1-c1cc(C)ccn1. The molecule has 0 aliphatic rings. The van der Waals surface area contributed by atoms with E-state index in [-0.39, 0.29) is 6.61 Å². The number of aliphatic hydroxyl groups excluding tert-OH is 1. The maximum absolute atomic E-state index is 9.19. The molecule has 0 saturated heterocycles. The van der Waals surface area contributed by atoms with Crippen molar-refractivity contribution in [2.75, 3.05) is 0 Å². The van der Waals surface area contributed by atoms with E-state index < -0.39 is 0 Å². The Morgan fingerprint density at radius 3 is 2.88 bits per heavy atom. The summed E-state index contributed by atoms with van der Waals surface area (Å²) in [5.41, 5.74) is 3.03. The van der Waals surface area contributed by atoms with Crippen LogP contribution in [0.3, 0.4) is 0 Å². The molecule has 0 unspecified atom stereocenters. The van der Waals surface area contributed by atoms with Crippen molar-refractivity contribution in [3.8, 4) is 5.82 Å². The third-order valence-corrected chi connectivity index (χ3v) is 2.58. The Labute approximate surface area is 94.6 Å². The summed E-state index contributed by atoms with van der Waals surface area (Å²) in [7, 11) is 0. The van der Waals surface area contributed by atoms with Gasteiger partial charge in [0.15, 0.2) is 5.82 Å². The zero-order valence-corrected chi connectivity index (χ0v) is 9.51. The first-order chi connectivity index (χ1) is 7.76. The molecule has 0 aliphatic carbocycles. The number of pyridine rings is 1. The van der Waals surface area contributed by atoms with Gasteiger partial charge in [0.1, 0.15) is 0 Å². The number of rotatable bonds is 3. The molecule has 2 rings (SSSR count). The number of hydrogen-bond acceptors (Lipinski definition) is 3. The Hall–Kier alpha value is -1.68. The molecule has 0 fully saturated rings. The minimum Gasteiger partial charge on any atom is -0.392 e. The largest absolute Gasteiger partial charge is 0.392 e. The second-order valence-electron chi connectivity index (χ2n) is 3.73. The molecule has 84 valence electrons. The summed E-state index contributed by atoms with van der Waals surface area (Å²) >= 11 is 0. The number of hydrogen-bond donors (Lipinski definition) is 1. The first-order valence-corrected chi connectivity index (χ1v) is 5.36. The van der Waals surface area contributed by atoms with Crippen LogP contribution in [-0.2, 0) is 13.0 Å². The maximum atomic E-state index is 9.19. The predicted octanol–water partition coefficient (Wildman–Crippen LogP) is 1.63. The highest BCUT2D eigenvalue weighted by molar-refractivity contribution is 5.31. The first kappa shape index (κ1) is 10.8. The zero-order chi connectivity index (χ0) is 11.5. The van der Waals surface area contributed by atoms with Crippen LogP contribution in [0.2, 0.25) is 0 Å². The first-order valence-electron chi connectivity index (χ1n) is 5.36. The van der Waals surface area contributed by atoms with Crippen molar-refractivity contribution in [3.63, 3.8) is 0 Å². The Bertz CT molecular complexity index is 491. The summed E-state index contributed by atoms with van der Waals surface area (Å²) in [6.07, 6.45) is 4.29. The summed E-state index contributed by atoms with van der Waals surface area (Å²) < 4.78 is 1.79.